The summed E-state index contributed by atoms with van der Waals surface area (Å²) < 4.78 is 21.3. The highest BCUT2D eigenvalue weighted by Crippen LogP contribution is 2.43. The molecule has 14 heavy (non-hydrogen) atoms. The van der Waals surface area contributed by atoms with Crippen molar-refractivity contribution in [1.29, 1.82) is 0 Å². The number of rotatable bonds is 5. The third-order valence-corrected chi connectivity index (χ3v) is 2.83. The molecule has 0 spiro atoms. The number of benzene rings is 1. The van der Waals surface area contributed by atoms with E-state index in [1.165, 1.54) is 6.66 Å². The third kappa shape index (κ3) is 4.03. The van der Waals surface area contributed by atoms with Crippen LogP contribution in [0.3, 0.4) is 0 Å². The fraction of sp³-hybridized carbons (Fsp3) is 0.333. The van der Waals surface area contributed by atoms with E-state index in [-0.39, 0.29) is 13.3 Å². The molecule has 0 amide bonds. The summed E-state index contributed by atoms with van der Waals surface area (Å²) in [5.74, 6) is 0. The van der Waals surface area contributed by atoms with E-state index < -0.39 is 7.60 Å². The molecule has 0 saturated heterocycles. The van der Waals surface area contributed by atoms with Crippen LogP contribution >= 0.6 is 7.60 Å². The zero-order chi connectivity index (χ0) is 10.4. The summed E-state index contributed by atoms with van der Waals surface area (Å²) in [6.07, 6.45) is 0. The Morgan fingerprint density at radius 3 is 2.50 bits per heavy atom. The highest BCUT2D eigenvalue weighted by Gasteiger charge is 2.15. The van der Waals surface area contributed by atoms with Gasteiger partial charge in [0.25, 0.3) is 0 Å². The van der Waals surface area contributed by atoms with Crippen molar-refractivity contribution in [2.45, 2.75) is 6.61 Å². The number of nitrogens with two attached hydrogens (primary N) is 1. The molecule has 1 atom stereocenters. The zero-order valence-electron chi connectivity index (χ0n) is 8.05. The van der Waals surface area contributed by atoms with Crippen LogP contribution in [0.2, 0.25) is 0 Å². The first kappa shape index (κ1) is 11.4. The molecule has 1 rings (SSSR count). The second-order valence-corrected chi connectivity index (χ2v) is 4.89. The summed E-state index contributed by atoms with van der Waals surface area (Å²) in [5, 5.41) is 0. The maximum Gasteiger partial charge on any atom is 0.329 e. The van der Waals surface area contributed by atoms with Gasteiger partial charge in [-0.15, -0.1) is 0 Å². The third-order valence-electron chi connectivity index (χ3n) is 1.62. The van der Waals surface area contributed by atoms with E-state index in [9.17, 15) is 4.57 Å². The van der Waals surface area contributed by atoms with Crippen LogP contribution in [0.15, 0.2) is 30.3 Å². The molecule has 0 aliphatic rings. The summed E-state index contributed by atoms with van der Waals surface area (Å²) in [4.78, 5) is 0. The van der Waals surface area contributed by atoms with Crippen molar-refractivity contribution in [3.05, 3.63) is 35.9 Å². The fourth-order valence-electron chi connectivity index (χ4n) is 0.939. The quantitative estimate of drug-likeness (QED) is 0.602. The Balaban J connectivity index is 2.45. The van der Waals surface area contributed by atoms with E-state index in [2.05, 4.69) is 0 Å². The molecule has 2 N–H and O–H groups in total. The molecule has 0 aliphatic heterocycles. The average molecular weight is 215 g/mol. The summed E-state index contributed by atoms with van der Waals surface area (Å²) >= 11 is 0. The van der Waals surface area contributed by atoms with Gasteiger partial charge in [-0.2, -0.15) is 0 Å². The van der Waals surface area contributed by atoms with Crippen LogP contribution in [0.5, 0.6) is 0 Å². The van der Waals surface area contributed by atoms with E-state index in [0.29, 0.717) is 0 Å². The molecule has 1 aromatic carbocycles. The molecule has 0 aliphatic carbocycles. The van der Waals surface area contributed by atoms with Gasteiger partial charge >= 0.3 is 7.60 Å². The van der Waals surface area contributed by atoms with E-state index in [1.807, 2.05) is 30.3 Å². The monoisotopic (exact) mass is 215 g/mol. The Morgan fingerprint density at radius 2 is 1.93 bits per heavy atom. The van der Waals surface area contributed by atoms with Gasteiger partial charge in [0, 0.05) is 6.66 Å². The Morgan fingerprint density at radius 1 is 1.29 bits per heavy atom. The Hall–Kier alpha value is -0.670. The van der Waals surface area contributed by atoms with Gasteiger partial charge in [-0.05, 0) is 5.56 Å². The molecule has 0 bridgehead atoms. The Labute approximate surface area is 83.6 Å². The minimum absolute atomic E-state index is 0.0947. The maximum absolute atomic E-state index is 11.5. The molecule has 0 aromatic heterocycles. The molecule has 0 saturated carbocycles. The van der Waals surface area contributed by atoms with Crippen LogP contribution in [0, 0.1) is 0 Å². The molecule has 1 aromatic rings. The Bertz CT molecular complexity index is 315. The highest BCUT2D eigenvalue weighted by molar-refractivity contribution is 7.52. The van der Waals surface area contributed by atoms with Crippen LogP contribution < -0.4 is 5.73 Å². The predicted molar refractivity (Wildman–Crippen MR) is 54.9 cm³/mol. The Kier molecular flexibility index (Phi) is 4.29. The smallest absolute Gasteiger partial charge is 0.308 e. The SMILES string of the molecule is CP(=O)(OCN)OCc1ccccc1. The second-order valence-electron chi connectivity index (χ2n) is 2.83. The lowest BCUT2D eigenvalue weighted by Crippen LogP contribution is -2.04. The first-order valence-corrected chi connectivity index (χ1v) is 6.23. The van der Waals surface area contributed by atoms with Crippen molar-refractivity contribution < 1.29 is 13.6 Å². The van der Waals surface area contributed by atoms with Gasteiger partial charge in [-0.1, -0.05) is 30.3 Å². The zero-order valence-corrected chi connectivity index (χ0v) is 8.94. The minimum atomic E-state index is -2.98. The van der Waals surface area contributed by atoms with Gasteiger partial charge in [0.15, 0.2) is 0 Å². The van der Waals surface area contributed by atoms with Gasteiger partial charge in [0.2, 0.25) is 0 Å². The van der Waals surface area contributed by atoms with Gasteiger partial charge in [0.05, 0.1) is 6.61 Å². The lowest BCUT2D eigenvalue weighted by atomic mass is 10.2. The van der Waals surface area contributed by atoms with Gasteiger partial charge in [-0.25, -0.2) is 0 Å². The van der Waals surface area contributed by atoms with E-state index in [0.717, 1.165) is 5.56 Å². The molecule has 78 valence electrons. The molecule has 0 radical (unpaired) electrons. The van der Waals surface area contributed by atoms with E-state index >= 15 is 0 Å². The normalized spacial score (nSPS) is 15.0. The van der Waals surface area contributed by atoms with Crippen molar-refractivity contribution in [1.82, 2.24) is 0 Å². The molecule has 0 heterocycles. The highest BCUT2D eigenvalue weighted by atomic mass is 31.2. The molecule has 4 nitrogen and oxygen atoms in total. The molecule has 0 fully saturated rings. The number of hydrogen-bond donors (Lipinski definition) is 1. The summed E-state index contributed by atoms with van der Waals surface area (Å²) in [6, 6.07) is 9.47. The first-order chi connectivity index (χ1) is 6.64. The van der Waals surface area contributed by atoms with Crippen LogP contribution in [0.25, 0.3) is 0 Å². The van der Waals surface area contributed by atoms with Gasteiger partial charge in [0.1, 0.15) is 6.73 Å². The summed E-state index contributed by atoms with van der Waals surface area (Å²) in [6.45, 7) is 1.58. The van der Waals surface area contributed by atoms with Crippen LogP contribution in [-0.4, -0.2) is 13.4 Å². The molecular formula is C9H14NO3P. The predicted octanol–water partition coefficient (Wildman–Crippen LogP) is 1.96. The van der Waals surface area contributed by atoms with Crippen molar-refractivity contribution >= 4 is 7.60 Å². The van der Waals surface area contributed by atoms with Gasteiger partial charge in [-0.3, -0.25) is 9.09 Å². The summed E-state index contributed by atoms with van der Waals surface area (Å²) in [5.41, 5.74) is 6.06. The summed E-state index contributed by atoms with van der Waals surface area (Å²) in [7, 11) is -2.98. The molecule has 1 unspecified atom stereocenters. The largest absolute Gasteiger partial charge is 0.329 e. The van der Waals surface area contributed by atoms with Crippen LogP contribution in [0.4, 0.5) is 0 Å². The topological polar surface area (TPSA) is 61.5 Å². The maximum atomic E-state index is 11.5. The fourth-order valence-corrected chi connectivity index (χ4v) is 1.67. The lowest BCUT2D eigenvalue weighted by molar-refractivity contribution is 0.206. The average Bonchev–Trinajstić information content (AvgIpc) is 2.17. The molecular weight excluding hydrogens is 201 g/mol. The minimum Gasteiger partial charge on any atom is -0.308 e. The van der Waals surface area contributed by atoms with E-state index in [4.69, 9.17) is 14.8 Å². The van der Waals surface area contributed by atoms with E-state index in [1.54, 1.807) is 0 Å². The van der Waals surface area contributed by atoms with Crippen molar-refractivity contribution in [2.75, 3.05) is 13.4 Å². The van der Waals surface area contributed by atoms with Gasteiger partial charge < -0.3 is 10.3 Å². The standard InChI is InChI=1S/C9H14NO3P/c1-14(11,13-8-10)12-7-9-5-3-2-4-6-9/h2-6H,7-8,10H2,1H3. The van der Waals surface area contributed by atoms with Crippen LogP contribution in [-0.2, 0) is 20.2 Å². The van der Waals surface area contributed by atoms with Crippen LogP contribution in [0.1, 0.15) is 5.56 Å². The van der Waals surface area contributed by atoms with Crippen molar-refractivity contribution in [2.24, 2.45) is 5.73 Å². The first-order valence-electron chi connectivity index (χ1n) is 4.24. The van der Waals surface area contributed by atoms with Crippen molar-refractivity contribution in [3.8, 4) is 0 Å². The molecule has 5 heteroatoms. The number of hydrogen-bond acceptors (Lipinski definition) is 4. The second kappa shape index (κ2) is 5.27. The van der Waals surface area contributed by atoms with Crippen molar-refractivity contribution in [3.63, 3.8) is 0 Å². The lowest BCUT2D eigenvalue weighted by Gasteiger charge is -2.12.